The van der Waals surface area contributed by atoms with Crippen molar-refractivity contribution >= 4 is 38.6 Å². The minimum atomic E-state index is -0.269. The Balaban J connectivity index is 1.43. The number of benzene rings is 3. The summed E-state index contributed by atoms with van der Waals surface area (Å²) in [4.78, 5) is 16.7. The molecule has 0 aliphatic heterocycles. The van der Waals surface area contributed by atoms with Crippen LogP contribution in [0.15, 0.2) is 75.6 Å². The first-order valence-corrected chi connectivity index (χ1v) is 9.64. The van der Waals surface area contributed by atoms with Crippen molar-refractivity contribution in [3.63, 3.8) is 0 Å². The molecule has 0 saturated carbocycles. The van der Waals surface area contributed by atoms with Crippen LogP contribution in [0.25, 0.3) is 22.6 Å². The lowest BCUT2D eigenvalue weighted by Crippen LogP contribution is -2.20. The third-order valence-electron chi connectivity index (χ3n) is 4.20. The summed E-state index contributed by atoms with van der Waals surface area (Å²) in [7, 11) is 1.59. The van der Waals surface area contributed by atoms with Gasteiger partial charge in [0.05, 0.1) is 12.7 Å². The van der Waals surface area contributed by atoms with Crippen molar-refractivity contribution in [1.82, 2.24) is 4.98 Å². The van der Waals surface area contributed by atoms with E-state index in [9.17, 15) is 4.79 Å². The highest BCUT2D eigenvalue weighted by Gasteiger charge is 2.12. The summed E-state index contributed by atoms with van der Waals surface area (Å²) in [5.74, 6) is 1.56. The highest BCUT2D eigenvalue weighted by molar-refractivity contribution is 9.10. The average Bonchev–Trinajstić information content (AvgIpc) is 3.16. The summed E-state index contributed by atoms with van der Waals surface area (Å²) in [5, 5.41) is 2.81. The fourth-order valence-corrected chi connectivity index (χ4v) is 3.23. The highest BCUT2D eigenvalue weighted by Crippen LogP contribution is 2.30. The van der Waals surface area contributed by atoms with Crippen molar-refractivity contribution in [3.8, 4) is 23.0 Å². The minimum absolute atomic E-state index is 0.106. The van der Waals surface area contributed by atoms with Crippen LogP contribution in [0, 0.1) is 0 Å². The maximum absolute atomic E-state index is 12.2. The van der Waals surface area contributed by atoms with E-state index in [2.05, 4.69) is 26.2 Å². The van der Waals surface area contributed by atoms with E-state index in [0.29, 0.717) is 28.4 Å². The van der Waals surface area contributed by atoms with Crippen molar-refractivity contribution in [2.75, 3.05) is 19.0 Å². The summed E-state index contributed by atoms with van der Waals surface area (Å²) in [6.45, 7) is -0.106. The van der Waals surface area contributed by atoms with Gasteiger partial charge in [-0.25, -0.2) is 4.98 Å². The van der Waals surface area contributed by atoms with Crippen molar-refractivity contribution in [2.24, 2.45) is 0 Å². The molecule has 7 heteroatoms. The van der Waals surface area contributed by atoms with Crippen LogP contribution >= 0.6 is 15.9 Å². The van der Waals surface area contributed by atoms with E-state index in [1.54, 1.807) is 49.6 Å². The summed E-state index contributed by atoms with van der Waals surface area (Å²) >= 11 is 3.50. The van der Waals surface area contributed by atoms with Gasteiger partial charge in [-0.1, -0.05) is 12.1 Å². The van der Waals surface area contributed by atoms with Gasteiger partial charge in [-0.05, 0) is 70.5 Å². The molecule has 0 radical (unpaired) electrons. The van der Waals surface area contributed by atoms with E-state index in [1.165, 1.54) is 0 Å². The topological polar surface area (TPSA) is 73.6 Å². The molecule has 1 aromatic heterocycles. The van der Waals surface area contributed by atoms with Crippen LogP contribution in [0.4, 0.5) is 5.69 Å². The number of ether oxygens (including phenoxy) is 2. The zero-order valence-electron chi connectivity index (χ0n) is 15.5. The Morgan fingerprint density at radius 2 is 1.83 bits per heavy atom. The zero-order chi connectivity index (χ0) is 20.2. The van der Waals surface area contributed by atoms with Gasteiger partial charge < -0.3 is 19.2 Å². The Morgan fingerprint density at radius 1 is 1.07 bits per heavy atom. The molecule has 0 unspecified atom stereocenters. The minimum Gasteiger partial charge on any atom is -0.497 e. The van der Waals surface area contributed by atoms with Crippen LogP contribution in [0.3, 0.4) is 0 Å². The third-order valence-corrected chi connectivity index (χ3v) is 4.90. The third kappa shape index (κ3) is 4.41. The molecule has 4 aromatic rings. The maximum Gasteiger partial charge on any atom is 0.262 e. The molecule has 0 bridgehead atoms. The lowest BCUT2D eigenvalue weighted by atomic mass is 10.2. The van der Waals surface area contributed by atoms with Crippen molar-refractivity contribution in [2.45, 2.75) is 0 Å². The van der Waals surface area contributed by atoms with Gasteiger partial charge in [-0.3, -0.25) is 4.79 Å². The molecule has 0 fully saturated rings. The smallest absolute Gasteiger partial charge is 0.262 e. The molecular formula is C22H17BrN2O4. The van der Waals surface area contributed by atoms with Crippen LogP contribution < -0.4 is 14.8 Å². The van der Waals surface area contributed by atoms with Crippen LogP contribution in [0.2, 0.25) is 0 Å². The Labute approximate surface area is 175 Å². The number of amides is 1. The molecule has 146 valence electrons. The summed E-state index contributed by atoms with van der Waals surface area (Å²) in [6, 6.07) is 20.1. The average molecular weight is 453 g/mol. The summed E-state index contributed by atoms with van der Waals surface area (Å²) in [6.07, 6.45) is 0. The number of halogens is 1. The number of carbonyl (C=O) groups excluding carboxylic acids is 1. The lowest BCUT2D eigenvalue weighted by molar-refractivity contribution is -0.118. The maximum atomic E-state index is 12.2. The largest absolute Gasteiger partial charge is 0.497 e. The molecule has 1 N–H and O–H groups in total. The molecule has 4 rings (SSSR count). The van der Waals surface area contributed by atoms with Crippen LogP contribution in [-0.2, 0) is 4.79 Å². The molecule has 0 spiro atoms. The molecule has 3 aromatic carbocycles. The van der Waals surface area contributed by atoms with Gasteiger partial charge >= 0.3 is 0 Å². The SMILES string of the molecule is COc1ccc(OCC(=O)Nc2ccc3oc(-c4ccccc4Br)nc3c2)cc1. The monoisotopic (exact) mass is 452 g/mol. The van der Waals surface area contributed by atoms with Gasteiger partial charge in [0.15, 0.2) is 12.2 Å². The number of fused-ring (bicyclic) bond motifs is 1. The first-order valence-electron chi connectivity index (χ1n) is 8.84. The standard InChI is InChI=1S/C22H17BrN2O4/c1-27-15-7-9-16(10-8-15)28-13-21(26)24-14-6-11-20-19(12-14)25-22(29-20)17-4-2-3-5-18(17)23/h2-12H,13H2,1H3,(H,24,26). The van der Waals surface area contributed by atoms with E-state index in [1.807, 2.05) is 24.3 Å². The first-order chi connectivity index (χ1) is 14.1. The fourth-order valence-electron chi connectivity index (χ4n) is 2.77. The molecule has 0 aliphatic rings. The molecule has 0 atom stereocenters. The zero-order valence-corrected chi connectivity index (χ0v) is 17.1. The first kappa shape index (κ1) is 19.0. The Hall–Kier alpha value is -3.32. The number of anilines is 1. The number of oxazole rings is 1. The molecule has 0 saturated heterocycles. The quantitative estimate of drug-likeness (QED) is 0.430. The second-order valence-corrected chi connectivity index (χ2v) is 7.05. The number of nitrogens with zero attached hydrogens (tertiary/aromatic N) is 1. The fraction of sp³-hybridized carbons (Fsp3) is 0.0909. The molecule has 29 heavy (non-hydrogen) atoms. The number of hydrogen-bond acceptors (Lipinski definition) is 5. The molecular weight excluding hydrogens is 436 g/mol. The van der Waals surface area contributed by atoms with Crippen molar-refractivity contribution in [3.05, 3.63) is 71.2 Å². The number of carbonyl (C=O) groups is 1. The van der Waals surface area contributed by atoms with Gasteiger partial charge in [-0.15, -0.1) is 0 Å². The van der Waals surface area contributed by atoms with Crippen molar-refractivity contribution < 1.29 is 18.7 Å². The second kappa shape index (κ2) is 8.36. The number of nitrogens with one attached hydrogen (secondary N) is 1. The van der Waals surface area contributed by atoms with Gasteiger partial charge in [0.1, 0.15) is 17.0 Å². The predicted molar refractivity (Wildman–Crippen MR) is 114 cm³/mol. The molecule has 1 amide bonds. The van der Waals surface area contributed by atoms with E-state index in [0.717, 1.165) is 15.8 Å². The Morgan fingerprint density at radius 3 is 2.59 bits per heavy atom. The summed E-state index contributed by atoms with van der Waals surface area (Å²) in [5.41, 5.74) is 2.78. The summed E-state index contributed by atoms with van der Waals surface area (Å²) < 4.78 is 17.3. The van der Waals surface area contributed by atoms with E-state index < -0.39 is 0 Å². The number of hydrogen-bond donors (Lipinski definition) is 1. The number of aromatic nitrogens is 1. The number of rotatable bonds is 6. The lowest BCUT2D eigenvalue weighted by Gasteiger charge is -2.08. The second-order valence-electron chi connectivity index (χ2n) is 6.19. The van der Waals surface area contributed by atoms with Gasteiger partial charge in [0.2, 0.25) is 5.89 Å². The van der Waals surface area contributed by atoms with Crippen LogP contribution in [0.5, 0.6) is 11.5 Å². The van der Waals surface area contributed by atoms with E-state index >= 15 is 0 Å². The predicted octanol–water partition coefficient (Wildman–Crippen LogP) is 5.28. The molecule has 6 nitrogen and oxygen atoms in total. The van der Waals surface area contributed by atoms with Gasteiger partial charge in [0, 0.05) is 10.2 Å². The normalized spacial score (nSPS) is 10.7. The molecule has 1 heterocycles. The highest BCUT2D eigenvalue weighted by atomic mass is 79.9. The van der Waals surface area contributed by atoms with E-state index in [-0.39, 0.29) is 12.5 Å². The van der Waals surface area contributed by atoms with E-state index in [4.69, 9.17) is 13.9 Å². The van der Waals surface area contributed by atoms with Gasteiger partial charge in [0.25, 0.3) is 5.91 Å². The van der Waals surface area contributed by atoms with Crippen molar-refractivity contribution in [1.29, 1.82) is 0 Å². The van der Waals surface area contributed by atoms with Gasteiger partial charge in [-0.2, -0.15) is 0 Å². The Bertz CT molecular complexity index is 1160. The van der Waals surface area contributed by atoms with Crippen LogP contribution in [-0.4, -0.2) is 24.6 Å². The number of methoxy groups -OCH3 is 1. The Kier molecular flexibility index (Phi) is 5.48. The molecule has 0 aliphatic carbocycles. The van der Waals surface area contributed by atoms with Crippen LogP contribution in [0.1, 0.15) is 0 Å².